The first-order valence-corrected chi connectivity index (χ1v) is 6.31. The summed E-state index contributed by atoms with van der Waals surface area (Å²) in [7, 11) is 1.64. The number of carbonyl (C=O) groups excluding carboxylic acids is 1. The number of ether oxygens (including phenoxy) is 2. The molecule has 4 nitrogen and oxygen atoms in total. The first-order valence-electron chi connectivity index (χ1n) is 6.31. The number of hydrogen-bond donors (Lipinski definition) is 1. The molecule has 0 spiro atoms. The minimum Gasteiger partial charge on any atom is -0.497 e. The minimum atomic E-state index is -0.342. The first kappa shape index (κ1) is 12.7. The van der Waals surface area contributed by atoms with Gasteiger partial charge >= 0.3 is 6.09 Å². The summed E-state index contributed by atoms with van der Waals surface area (Å²) in [5.41, 5.74) is 1.10. The molecule has 1 aromatic carbocycles. The zero-order valence-electron chi connectivity index (χ0n) is 10.8. The van der Waals surface area contributed by atoms with E-state index in [1.165, 1.54) is 0 Å². The van der Waals surface area contributed by atoms with E-state index in [9.17, 15) is 4.79 Å². The summed E-state index contributed by atoms with van der Waals surface area (Å²) < 4.78 is 10.1. The van der Waals surface area contributed by atoms with Crippen LogP contribution in [0.15, 0.2) is 24.3 Å². The van der Waals surface area contributed by atoms with Crippen LogP contribution in [0.2, 0.25) is 0 Å². The van der Waals surface area contributed by atoms with Crippen LogP contribution in [0.4, 0.5) is 4.79 Å². The third kappa shape index (κ3) is 3.15. The maximum absolute atomic E-state index is 11.5. The maximum atomic E-state index is 11.5. The van der Waals surface area contributed by atoms with Gasteiger partial charge in [-0.25, -0.2) is 4.79 Å². The van der Waals surface area contributed by atoms with Gasteiger partial charge in [0.25, 0.3) is 0 Å². The Morgan fingerprint density at radius 1 is 1.39 bits per heavy atom. The van der Waals surface area contributed by atoms with Gasteiger partial charge in [-0.05, 0) is 43.4 Å². The van der Waals surface area contributed by atoms with E-state index in [0.29, 0.717) is 12.5 Å². The van der Waals surface area contributed by atoms with Crippen LogP contribution >= 0.6 is 0 Å². The average molecular weight is 249 g/mol. The highest BCUT2D eigenvalue weighted by Crippen LogP contribution is 2.41. The summed E-state index contributed by atoms with van der Waals surface area (Å²) in [6.07, 6.45) is 1.97. The Hall–Kier alpha value is -1.71. The van der Waals surface area contributed by atoms with Crippen molar-refractivity contribution in [1.82, 2.24) is 5.32 Å². The lowest BCUT2D eigenvalue weighted by Gasteiger charge is -2.18. The number of hydrogen-bond acceptors (Lipinski definition) is 3. The normalized spacial score (nSPS) is 15.9. The highest BCUT2D eigenvalue weighted by atomic mass is 16.5. The van der Waals surface area contributed by atoms with Crippen LogP contribution in [0.25, 0.3) is 0 Å². The highest BCUT2D eigenvalue weighted by molar-refractivity contribution is 5.68. The second-order valence-electron chi connectivity index (χ2n) is 4.45. The molecule has 0 bridgehead atoms. The van der Waals surface area contributed by atoms with Gasteiger partial charge in [0.05, 0.1) is 19.8 Å². The maximum Gasteiger partial charge on any atom is 0.407 e. The molecule has 0 aromatic heterocycles. The predicted molar refractivity (Wildman–Crippen MR) is 68.6 cm³/mol. The molecule has 1 aliphatic carbocycles. The monoisotopic (exact) mass is 249 g/mol. The van der Waals surface area contributed by atoms with Crippen LogP contribution in [0.5, 0.6) is 5.75 Å². The fraction of sp³-hybridized carbons (Fsp3) is 0.500. The number of alkyl carbamates (subject to hydrolysis) is 1. The lowest BCUT2D eigenvalue weighted by molar-refractivity contribution is 0.146. The van der Waals surface area contributed by atoms with E-state index in [1.807, 2.05) is 24.3 Å². The van der Waals surface area contributed by atoms with E-state index in [2.05, 4.69) is 5.32 Å². The van der Waals surface area contributed by atoms with Crippen molar-refractivity contribution in [1.29, 1.82) is 0 Å². The number of methoxy groups -OCH3 is 1. The molecule has 0 saturated heterocycles. The molecular weight excluding hydrogens is 230 g/mol. The van der Waals surface area contributed by atoms with Crippen molar-refractivity contribution in [2.24, 2.45) is 5.92 Å². The van der Waals surface area contributed by atoms with Gasteiger partial charge in [0, 0.05) is 0 Å². The van der Waals surface area contributed by atoms with E-state index in [4.69, 9.17) is 9.47 Å². The third-order valence-electron chi connectivity index (χ3n) is 3.12. The standard InChI is InChI=1S/C14H19NO3/c1-3-18-14(16)15-13(10-4-5-10)11-6-8-12(17-2)9-7-11/h6-10,13H,3-5H2,1-2H3,(H,15,16). The SMILES string of the molecule is CCOC(=O)NC(c1ccc(OC)cc1)C1CC1. The van der Waals surface area contributed by atoms with Gasteiger partial charge in [0.2, 0.25) is 0 Å². The molecule has 0 radical (unpaired) electrons. The van der Waals surface area contributed by atoms with Crippen molar-refractivity contribution >= 4 is 6.09 Å². The van der Waals surface area contributed by atoms with Gasteiger partial charge in [-0.1, -0.05) is 12.1 Å². The third-order valence-corrected chi connectivity index (χ3v) is 3.12. The number of amides is 1. The van der Waals surface area contributed by atoms with Gasteiger partial charge in [-0.3, -0.25) is 0 Å². The summed E-state index contributed by atoms with van der Waals surface area (Å²) >= 11 is 0. The summed E-state index contributed by atoms with van der Waals surface area (Å²) in [5.74, 6) is 1.35. The Balaban J connectivity index is 2.06. The van der Waals surface area contributed by atoms with Gasteiger partial charge < -0.3 is 14.8 Å². The van der Waals surface area contributed by atoms with Crippen LogP contribution in [0.3, 0.4) is 0 Å². The lowest BCUT2D eigenvalue weighted by atomic mass is 10.0. The fourth-order valence-electron chi connectivity index (χ4n) is 2.01. The number of nitrogens with one attached hydrogen (secondary N) is 1. The second kappa shape index (κ2) is 5.76. The molecule has 0 heterocycles. The summed E-state index contributed by atoms with van der Waals surface area (Å²) in [5, 5.41) is 2.93. The smallest absolute Gasteiger partial charge is 0.407 e. The van der Waals surface area contributed by atoms with Crippen LogP contribution in [0.1, 0.15) is 31.4 Å². The molecule has 1 saturated carbocycles. The molecule has 1 fully saturated rings. The molecule has 1 aliphatic rings. The van der Waals surface area contributed by atoms with Gasteiger partial charge in [0.15, 0.2) is 0 Å². The van der Waals surface area contributed by atoms with E-state index in [0.717, 1.165) is 24.2 Å². The van der Waals surface area contributed by atoms with Crippen LogP contribution in [0, 0.1) is 5.92 Å². The molecule has 1 unspecified atom stereocenters. The van der Waals surface area contributed by atoms with Crippen molar-refractivity contribution in [3.63, 3.8) is 0 Å². The Kier molecular flexibility index (Phi) is 4.07. The largest absolute Gasteiger partial charge is 0.497 e. The molecule has 1 aromatic rings. The molecule has 98 valence electrons. The fourth-order valence-corrected chi connectivity index (χ4v) is 2.01. The van der Waals surface area contributed by atoms with Crippen LogP contribution in [-0.4, -0.2) is 19.8 Å². The molecule has 1 N–H and O–H groups in total. The first-order chi connectivity index (χ1) is 8.74. The van der Waals surface area contributed by atoms with E-state index < -0.39 is 0 Å². The van der Waals surface area contributed by atoms with Crippen LogP contribution in [-0.2, 0) is 4.74 Å². The molecular formula is C14H19NO3. The Morgan fingerprint density at radius 3 is 2.56 bits per heavy atom. The molecule has 0 aliphatic heterocycles. The predicted octanol–water partition coefficient (Wildman–Crippen LogP) is 2.89. The highest BCUT2D eigenvalue weighted by Gasteiger charge is 2.33. The molecule has 2 rings (SSSR count). The van der Waals surface area contributed by atoms with Crippen molar-refractivity contribution in [2.75, 3.05) is 13.7 Å². The van der Waals surface area contributed by atoms with Gasteiger partial charge in [-0.2, -0.15) is 0 Å². The van der Waals surface area contributed by atoms with Gasteiger partial charge in [0.1, 0.15) is 5.75 Å². The zero-order valence-corrected chi connectivity index (χ0v) is 10.8. The second-order valence-corrected chi connectivity index (χ2v) is 4.45. The average Bonchev–Trinajstić information content (AvgIpc) is 3.21. The van der Waals surface area contributed by atoms with Crippen molar-refractivity contribution in [3.05, 3.63) is 29.8 Å². The Morgan fingerprint density at radius 2 is 2.06 bits per heavy atom. The van der Waals surface area contributed by atoms with Gasteiger partial charge in [-0.15, -0.1) is 0 Å². The summed E-state index contributed by atoms with van der Waals surface area (Å²) in [6.45, 7) is 2.20. The van der Waals surface area contributed by atoms with E-state index in [-0.39, 0.29) is 12.1 Å². The Labute approximate surface area is 107 Å². The van der Waals surface area contributed by atoms with E-state index >= 15 is 0 Å². The topological polar surface area (TPSA) is 47.6 Å². The Bertz CT molecular complexity index is 398. The zero-order chi connectivity index (χ0) is 13.0. The summed E-state index contributed by atoms with van der Waals surface area (Å²) in [4.78, 5) is 11.5. The molecule has 1 amide bonds. The number of carbonyl (C=O) groups is 1. The van der Waals surface area contributed by atoms with Crippen molar-refractivity contribution in [3.8, 4) is 5.75 Å². The molecule has 4 heteroatoms. The number of rotatable bonds is 5. The van der Waals surface area contributed by atoms with Crippen molar-refractivity contribution in [2.45, 2.75) is 25.8 Å². The van der Waals surface area contributed by atoms with Crippen LogP contribution < -0.4 is 10.1 Å². The minimum absolute atomic E-state index is 0.0509. The molecule has 18 heavy (non-hydrogen) atoms. The number of benzene rings is 1. The van der Waals surface area contributed by atoms with Crippen molar-refractivity contribution < 1.29 is 14.3 Å². The lowest BCUT2D eigenvalue weighted by Crippen LogP contribution is -2.30. The quantitative estimate of drug-likeness (QED) is 0.872. The van der Waals surface area contributed by atoms with E-state index in [1.54, 1.807) is 14.0 Å². The summed E-state index contributed by atoms with van der Waals surface area (Å²) in [6, 6.07) is 7.87. The molecule has 1 atom stereocenters.